The molecule has 0 amide bonds. The zero-order chi connectivity index (χ0) is 15.6. The van der Waals surface area contributed by atoms with E-state index in [1.807, 2.05) is 0 Å². The average molecular weight is 369 g/mol. The molecule has 20 heavy (non-hydrogen) atoms. The number of anilines is 1. The van der Waals surface area contributed by atoms with Crippen molar-refractivity contribution >= 4 is 31.6 Å². The second kappa shape index (κ2) is 6.38. The van der Waals surface area contributed by atoms with Crippen LogP contribution in [0.25, 0.3) is 0 Å². The van der Waals surface area contributed by atoms with E-state index in [1.165, 1.54) is 6.07 Å². The van der Waals surface area contributed by atoms with E-state index in [-0.39, 0.29) is 16.8 Å². The van der Waals surface area contributed by atoms with Gasteiger partial charge in [-0.05, 0) is 40.9 Å². The molecule has 0 spiro atoms. The molecule has 0 heterocycles. The number of aliphatic hydroxyl groups is 1. The third kappa shape index (κ3) is 3.49. The van der Waals surface area contributed by atoms with Gasteiger partial charge in [0.25, 0.3) is 0 Å². The van der Waals surface area contributed by atoms with Crippen molar-refractivity contribution < 1.29 is 17.9 Å². The summed E-state index contributed by atoms with van der Waals surface area (Å²) < 4.78 is 40.9. The predicted molar refractivity (Wildman–Crippen MR) is 79.2 cm³/mol. The fourth-order valence-electron chi connectivity index (χ4n) is 1.77. The third-order valence-electron chi connectivity index (χ3n) is 3.31. The SMILES string of the molecule is CCC(CC)(CO)NS(=O)(=O)c1cc(N)cc(Br)c1F. The number of halogens is 2. The zero-order valence-electron chi connectivity index (χ0n) is 11.3. The number of aliphatic hydroxyl groups excluding tert-OH is 1. The van der Waals surface area contributed by atoms with Crippen LogP contribution >= 0.6 is 15.9 Å². The number of nitrogen functional groups attached to an aromatic ring is 1. The lowest BCUT2D eigenvalue weighted by Crippen LogP contribution is -2.50. The van der Waals surface area contributed by atoms with E-state index < -0.39 is 26.3 Å². The maximum absolute atomic E-state index is 14.0. The summed E-state index contributed by atoms with van der Waals surface area (Å²) >= 11 is 2.92. The third-order valence-corrected chi connectivity index (χ3v) is 5.47. The minimum absolute atomic E-state index is 0.0273. The van der Waals surface area contributed by atoms with Gasteiger partial charge in [-0.1, -0.05) is 13.8 Å². The van der Waals surface area contributed by atoms with Crippen molar-refractivity contribution in [2.24, 2.45) is 0 Å². The van der Waals surface area contributed by atoms with Gasteiger partial charge in [0.15, 0.2) is 5.82 Å². The van der Waals surface area contributed by atoms with Gasteiger partial charge in [0.2, 0.25) is 10.0 Å². The minimum atomic E-state index is -4.12. The van der Waals surface area contributed by atoms with Crippen molar-refractivity contribution in [2.45, 2.75) is 37.1 Å². The van der Waals surface area contributed by atoms with E-state index in [4.69, 9.17) is 5.73 Å². The highest BCUT2D eigenvalue weighted by Gasteiger charge is 2.33. The predicted octanol–water partition coefficient (Wildman–Crippen LogP) is 2.00. The monoisotopic (exact) mass is 368 g/mol. The molecular weight excluding hydrogens is 351 g/mol. The number of hydrogen-bond acceptors (Lipinski definition) is 4. The largest absolute Gasteiger partial charge is 0.399 e. The van der Waals surface area contributed by atoms with Crippen molar-refractivity contribution in [3.63, 3.8) is 0 Å². The fourth-order valence-corrected chi connectivity index (χ4v) is 4.05. The van der Waals surface area contributed by atoms with E-state index in [0.717, 1.165) is 6.07 Å². The van der Waals surface area contributed by atoms with E-state index in [0.29, 0.717) is 12.8 Å². The number of rotatable bonds is 6. The van der Waals surface area contributed by atoms with Gasteiger partial charge in [0.05, 0.1) is 16.6 Å². The standard InChI is InChI=1S/C12H18BrFN2O3S/c1-3-12(4-2,7-17)16-20(18,19)10-6-8(15)5-9(13)11(10)14/h5-6,16-17H,3-4,7,15H2,1-2H3. The van der Waals surface area contributed by atoms with Crippen LogP contribution in [-0.2, 0) is 10.0 Å². The Morgan fingerprint density at radius 1 is 1.40 bits per heavy atom. The van der Waals surface area contributed by atoms with Crippen LogP contribution in [-0.4, -0.2) is 25.7 Å². The molecule has 0 fully saturated rings. The Bertz CT molecular complexity index is 580. The first-order valence-electron chi connectivity index (χ1n) is 6.10. The van der Waals surface area contributed by atoms with Gasteiger partial charge in [-0.25, -0.2) is 17.5 Å². The first-order chi connectivity index (χ1) is 9.21. The topological polar surface area (TPSA) is 92.4 Å². The van der Waals surface area contributed by atoms with E-state index >= 15 is 0 Å². The van der Waals surface area contributed by atoms with Crippen LogP contribution in [0.15, 0.2) is 21.5 Å². The normalized spacial score (nSPS) is 12.7. The first-order valence-corrected chi connectivity index (χ1v) is 8.38. The molecular formula is C12H18BrFN2O3S. The van der Waals surface area contributed by atoms with Crippen molar-refractivity contribution in [1.82, 2.24) is 4.72 Å². The molecule has 0 atom stereocenters. The summed E-state index contributed by atoms with van der Waals surface area (Å²) in [5, 5.41) is 9.41. The van der Waals surface area contributed by atoms with Crippen LogP contribution in [0, 0.1) is 5.82 Å². The molecule has 0 aliphatic heterocycles. The Balaban J connectivity index is 3.31. The summed E-state index contributed by atoms with van der Waals surface area (Å²) in [5.41, 5.74) is 4.66. The Kier molecular flexibility index (Phi) is 5.54. The highest BCUT2D eigenvalue weighted by molar-refractivity contribution is 9.10. The van der Waals surface area contributed by atoms with Crippen LogP contribution in [0.1, 0.15) is 26.7 Å². The molecule has 0 saturated carbocycles. The number of nitrogens with one attached hydrogen (secondary N) is 1. The Morgan fingerprint density at radius 2 is 1.95 bits per heavy atom. The Labute approximate surface area is 126 Å². The summed E-state index contributed by atoms with van der Waals surface area (Å²) in [4.78, 5) is -0.538. The van der Waals surface area contributed by atoms with Crippen molar-refractivity contribution in [3.05, 3.63) is 22.4 Å². The molecule has 0 aliphatic rings. The average Bonchev–Trinajstić information content (AvgIpc) is 2.40. The van der Waals surface area contributed by atoms with Crippen LogP contribution in [0.5, 0.6) is 0 Å². The van der Waals surface area contributed by atoms with E-state index in [9.17, 15) is 17.9 Å². The quantitative estimate of drug-likeness (QED) is 0.669. The Hall–Kier alpha value is -0.700. The molecule has 0 unspecified atom stereocenters. The van der Waals surface area contributed by atoms with Crippen molar-refractivity contribution in [3.8, 4) is 0 Å². The number of benzene rings is 1. The lowest BCUT2D eigenvalue weighted by molar-refractivity contribution is 0.172. The van der Waals surface area contributed by atoms with E-state index in [1.54, 1.807) is 13.8 Å². The first kappa shape index (κ1) is 17.4. The van der Waals surface area contributed by atoms with Gasteiger partial charge in [-0.2, -0.15) is 0 Å². The molecule has 1 rings (SSSR count). The molecule has 4 N–H and O–H groups in total. The van der Waals surface area contributed by atoms with Crippen molar-refractivity contribution in [2.75, 3.05) is 12.3 Å². The molecule has 0 radical (unpaired) electrons. The van der Waals surface area contributed by atoms with Gasteiger partial charge in [0, 0.05) is 5.69 Å². The van der Waals surface area contributed by atoms with Gasteiger partial charge in [-0.15, -0.1) is 0 Å². The second-order valence-electron chi connectivity index (χ2n) is 4.57. The van der Waals surface area contributed by atoms with Gasteiger partial charge in [0.1, 0.15) is 4.90 Å². The maximum Gasteiger partial charge on any atom is 0.244 e. The highest BCUT2D eigenvalue weighted by Crippen LogP contribution is 2.27. The van der Waals surface area contributed by atoms with Crippen LogP contribution in [0.3, 0.4) is 0 Å². The molecule has 8 heteroatoms. The van der Waals surface area contributed by atoms with Crippen LogP contribution < -0.4 is 10.5 Å². The molecule has 5 nitrogen and oxygen atoms in total. The smallest absolute Gasteiger partial charge is 0.244 e. The molecule has 1 aromatic rings. The van der Waals surface area contributed by atoms with Gasteiger partial charge in [-0.3, -0.25) is 0 Å². The Morgan fingerprint density at radius 3 is 2.40 bits per heavy atom. The molecule has 0 aromatic heterocycles. The molecule has 0 aliphatic carbocycles. The summed E-state index contributed by atoms with van der Waals surface area (Å²) in [6.07, 6.45) is 0.759. The molecule has 0 saturated heterocycles. The maximum atomic E-state index is 14.0. The van der Waals surface area contributed by atoms with Gasteiger partial charge < -0.3 is 10.8 Å². The van der Waals surface area contributed by atoms with E-state index in [2.05, 4.69) is 20.7 Å². The summed E-state index contributed by atoms with van der Waals surface area (Å²) in [6, 6.07) is 2.34. The lowest BCUT2D eigenvalue weighted by Gasteiger charge is -2.30. The van der Waals surface area contributed by atoms with Crippen molar-refractivity contribution in [1.29, 1.82) is 0 Å². The lowest BCUT2D eigenvalue weighted by atomic mass is 9.96. The zero-order valence-corrected chi connectivity index (χ0v) is 13.7. The highest BCUT2D eigenvalue weighted by atomic mass is 79.9. The molecule has 0 bridgehead atoms. The fraction of sp³-hybridized carbons (Fsp3) is 0.500. The minimum Gasteiger partial charge on any atom is -0.399 e. The second-order valence-corrected chi connectivity index (χ2v) is 7.07. The summed E-state index contributed by atoms with van der Waals surface area (Å²) in [7, 11) is -4.12. The number of nitrogens with two attached hydrogens (primary N) is 1. The van der Waals surface area contributed by atoms with Gasteiger partial charge >= 0.3 is 0 Å². The molecule has 114 valence electrons. The number of hydrogen-bond donors (Lipinski definition) is 3. The summed E-state index contributed by atoms with van der Waals surface area (Å²) in [6.45, 7) is 3.12. The summed E-state index contributed by atoms with van der Waals surface area (Å²) in [5.74, 6) is -0.911. The number of sulfonamides is 1. The molecule has 1 aromatic carbocycles. The van der Waals surface area contributed by atoms with Crippen LogP contribution in [0.2, 0.25) is 0 Å². The van der Waals surface area contributed by atoms with Crippen LogP contribution in [0.4, 0.5) is 10.1 Å².